The summed E-state index contributed by atoms with van der Waals surface area (Å²) < 4.78 is 16.8. The van der Waals surface area contributed by atoms with Crippen LogP contribution in [0.25, 0.3) is 0 Å². The molecule has 32 heavy (non-hydrogen) atoms. The maximum atomic E-state index is 12.7. The van der Waals surface area contributed by atoms with Gasteiger partial charge in [0.1, 0.15) is 19.0 Å². The number of fused-ring (bicyclic) bond motifs is 1. The van der Waals surface area contributed by atoms with Crippen molar-refractivity contribution in [1.82, 2.24) is 4.90 Å². The third kappa shape index (κ3) is 5.18. The highest BCUT2D eigenvalue weighted by Crippen LogP contribution is 2.31. The molecule has 4 rings (SSSR count). The smallest absolute Gasteiger partial charge is 0.260 e. The Morgan fingerprint density at radius 2 is 1.66 bits per heavy atom. The minimum absolute atomic E-state index is 0.184. The van der Waals surface area contributed by atoms with Gasteiger partial charge in [0, 0.05) is 19.3 Å². The highest BCUT2D eigenvalue weighted by molar-refractivity contribution is 6.06. The molecule has 0 radical (unpaired) electrons. The molecule has 7 heteroatoms. The minimum atomic E-state index is -0.302. The number of likely N-dealkylation sites (N-methyl/N-ethyl adjacent to an activating group) is 1. The summed E-state index contributed by atoms with van der Waals surface area (Å²) in [6, 6.07) is 21.6. The highest BCUT2D eigenvalue weighted by atomic mass is 16.6. The van der Waals surface area contributed by atoms with Crippen molar-refractivity contribution in [3.05, 3.63) is 83.9 Å². The number of nitrogens with zero attached hydrogens (tertiary/aromatic N) is 1. The van der Waals surface area contributed by atoms with E-state index in [1.165, 1.54) is 0 Å². The summed E-state index contributed by atoms with van der Waals surface area (Å²) >= 11 is 0. The van der Waals surface area contributed by atoms with E-state index < -0.39 is 0 Å². The zero-order chi connectivity index (χ0) is 22.3. The Bertz CT molecular complexity index is 1100. The van der Waals surface area contributed by atoms with Gasteiger partial charge in [0.2, 0.25) is 0 Å². The van der Waals surface area contributed by atoms with Crippen molar-refractivity contribution in [2.24, 2.45) is 0 Å². The molecule has 164 valence electrons. The molecule has 3 aromatic rings. The van der Waals surface area contributed by atoms with Crippen molar-refractivity contribution >= 4 is 17.5 Å². The fourth-order valence-corrected chi connectivity index (χ4v) is 3.30. The lowest BCUT2D eigenvalue weighted by Gasteiger charge is -2.21. The number of carbonyl (C=O) groups is 2. The van der Waals surface area contributed by atoms with Crippen LogP contribution in [-0.4, -0.2) is 43.6 Å². The SMILES string of the molecule is CN(Cc1ccc2c(c1)OCCO2)C(=O)COc1ccccc1C(=O)Nc1ccccc1. The van der Waals surface area contributed by atoms with Crippen molar-refractivity contribution in [3.63, 3.8) is 0 Å². The molecule has 1 aliphatic heterocycles. The van der Waals surface area contributed by atoms with Crippen LogP contribution in [0.4, 0.5) is 5.69 Å². The summed E-state index contributed by atoms with van der Waals surface area (Å²) in [5, 5.41) is 2.83. The van der Waals surface area contributed by atoms with Crippen LogP contribution in [0.2, 0.25) is 0 Å². The molecule has 0 atom stereocenters. The maximum absolute atomic E-state index is 12.7. The van der Waals surface area contributed by atoms with Gasteiger partial charge in [0.25, 0.3) is 11.8 Å². The van der Waals surface area contributed by atoms with Crippen LogP contribution in [-0.2, 0) is 11.3 Å². The van der Waals surface area contributed by atoms with Gasteiger partial charge in [-0.1, -0.05) is 36.4 Å². The lowest BCUT2D eigenvalue weighted by molar-refractivity contribution is -0.132. The summed E-state index contributed by atoms with van der Waals surface area (Å²) in [5.41, 5.74) is 1.97. The number of hydrogen-bond acceptors (Lipinski definition) is 5. The van der Waals surface area contributed by atoms with Crippen LogP contribution < -0.4 is 19.5 Å². The van der Waals surface area contributed by atoms with Crippen molar-refractivity contribution in [3.8, 4) is 17.2 Å². The monoisotopic (exact) mass is 432 g/mol. The lowest BCUT2D eigenvalue weighted by atomic mass is 10.1. The van der Waals surface area contributed by atoms with E-state index in [1.807, 2.05) is 36.4 Å². The first kappa shape index (κ1) is 21.2. The van der Waals surface area contributed by atoms with Crippen LogP contribution in [0.1, 0.15) is 15.9 Å². The largest absolute Gasteiger partial charge is 0.486 e. The first-order valence-electron chi connectivity index (χ1n) is 10.3. The Labute approximate surface area is 186 Å². The van der Waals surface area contributed by atoms with Crippen LogP contribution >= 0.6 is 0 Å². The molecule has 0 aromatic heterocycles. The van der Waals surface area contributed by atoms with Crippen molar-refractivity contribution < 1.29 is 23.8 Å². The minimum Gasteiger partial charge on any atom is -0.486 e. The molecule has 0 aliphatic carbocycles. The summed E-state index contributed by atoms with van der Waals surface area (Å²) in [7, 11) is 1.70. The number of ether oxygens (including phenoxy) is 3. The standard InChI is InChI=1S/C25H24N2O5/c1-27(16-18-11-12-22-23(15-18)31-14-13-30-22)24(28)17-32-21-10-6-5-9-20(21)25(29)26-19-7-3-2-4-8-19/h2-12,15H,13-14,16-17H2,1H3,(H,26,29). The molecule has 3 aromatic carbocycles. The Balaban J connectivity index is 1.36. The van der Waals surface area contributed by atoms with Gasteiger partial charge in [-0.05, 0) is 42.0 Å². The molecule has 1 N–H and O–H groups in total. The Kier molecular flexibility index (Phi) is 6.55. The fraction of sp³-hybridized carbons (Fsp3) is 0.200. The average Bonchev–Trinajstić information content (AvgIpc) is 2.83. The number of benzene rings is 3. The second-order valence-electron chi connectivity index (χ2n) is 7.33. The van der Waals surface area contributed by atoms with E-state index in [4.69, 9.17) is 14.2 Å². The first-order valence-corrected chi connectivity index (χ1v) is 10.3. The molecule has 0 saturated carbocycles. The first-order chi connectivity index (χ1) is 15.6. The topological polar surface area (TPSA) is 77.1 Å². The average molecular weight is 432 g/mol. The van der Waals surface area contributed by atoms with E-state index in [1.54, 1.807) is 48.3 Å². The van der Waals surface area contributed by atoms with Gasteiger partial charge in [0.05, 0.1) is 5.56 Å². The van der Waals surface area contributed by atoms with E-state index >= 15 is 0 Å². The van der Waals surface area contributed by atoms with Gasteiger partial charge in [-0.3, -0.25) is 9.59 Å². The summed E-state index contributed by atoms with van der Waals surface area (Å²) in [6.07, 6.45) is 0. The van der Waals surface area contributed by atoms with E-state index in [-0.39, 0.29) is 18.4 Å². The van der Waals surface area contributed by atoms with E-state index in [9.17, 15) is 9.59 Å². The second kappa shape index (κ2) is 9.87. The number of nitrogens with one attached hydrogen (secondary N) is 1. The van der Waals surface area contributed by atoms with E-state index in [0.717, 1.165) is 5.56 Å². The molecule has 0 unspecified atom stereocenters. The third-order valence-corrected chi connectivity index (χ3v) is 4.97. The van der Waals surface area contributed by atoms with Crippen LogP contribution in [0.3, 0.4) is 0 Å². The molecular formula is C25H24N2O5. The summed E-state index contributed by atoms with van der Waals surface area (Å²) in [4.78, 5) is 26.9. The van der Waals surface area contributed by atoms with Crippen LogP contribution in [0.15, 0.2) is 72.8 Å². The van der Waals surface area contributed by atoms with Gasteiger partial charge in [-0.15, -0.1) is 0 Å². The van der Waals surface area contributed by atoms with Gasteiger partial charge in [-0.25, -0.2) is 0 Å². The molecular weight excluding hydrogens is 408 g/mol. The molecule has 2 amide bonds. The number of rotatable bonds is 7. The zero-order valence-electron chi connectivity index (χ0n) is 17.7. The van der Waals surface area contributed by atoms with Gasteiger partial charge >= 0.3 is 0 Å². The summed E-state index contributed by atoms with van der Waals surface area (Å²) in [6.45, 7) is 1.26. The maximum Gasteiger partial charge on any atom is 0.260 e. The number of para-hydroxylation sites is 2. The predicted molar refractivity (Wildman–Crippen MR) is 120 cm³/mol. The van der Waals surface area contributed by atoms with Gasteiger partial charge < -0.3 is 24.4 Å². The Morgan fingerprint density at radius 1 is 0.938 bits per heavy atom. The highest BCUT2D eigenvalue weighted by Gasteiger charge is 2.17. The number of anilines is 1. The predicted octanol–water partition coefficient (Wildman–Crippen LogP) is 3.75. The second-order valence-corrected chi connectivity index (χ2v) is 7.33. The van der Waals surface area contributed by atoms with Crippen LogP contribution in [0, 0.1) is 0 Å². The Morgan fingerprint density at radius 3 is 2.47 bits per heavy atom. The summed E-state index contributed by atoms with van der Waals surface area (Å²) in [5.74, 6) is 1.23. The van der Waals surface area contributed by atoms with Crippen LogP contribution in [0.5, 0.6) is 17.2 Å². The van der Waals surface area contributed by atoms with Gasteiger partial charge in [-0.2, -0.15) is 0 Å². The molecule has 1 aliphatic rings. The molecule has 7 nitrogen and oxygen atoms in total. The van der Waals surface area contributed by atoms with Gasteiger partial charge in [0.15, 0.2) is 18.1 Å². The lowest BCUT2D eigenvalue weighted by Crippen LogP contribution is -2.31. The number of amides is 2. The van der Waals surface area contributed by atoms with Crippen molar-refractivity contribution in [2.45, 2.75) is 6.54 Å². The Hall–Kier alpha value is -4.00. The molecule has 1 heterocycles. The number of carbonyl (C=O) groups excluding carboxylic acids is 2. The van der Waals surface area contributed by atoms with Crippen molar-refractivity contribution in [2.75, 3.05) is 32.2 Å². The normalized spacial score (nSPS) is 12.0. The number of hydrogen-bond donors (Lipinski definition) is 1. The third-order valence-electron chi connectivity index (χ3n) is 4.97. The molecule has 0 bridgehead atoms. The van der Waals surface area contributed by atoms with Crippen molar-refractivity contribution in [1.29, 1.82) is 0 Å². The zero-order valence-corrected chi connectivity index (χ0v) is 17.7. The van der Waals surface area contributed by atoms with E-state index in [0.29, 0.717) is 48.3 Å². The quantitative estimate of drug-likeness (QED) is 0.615. The fourth-order valence-electron chi connectivity index (χ4n) is 3.30. The molecule has 0 saturated heterocycles. The molecule has 0 fully saturated rings. The van der Waals surface area contributed by atoms with E-state index in [2.05, 4.69) is 5.32 Å². The molecule has 0 spiro atoms.